The molecule has 5 rings (SSSR count). The molecule has 1 aromatic heterocycles. The van der Waals surface area contributed by atoms with Crippen LogP contribution in [0.15, 0.2) is 60.8 Å². The molecule has 8 heteroatoms. The molecule has 2 aliphatic heterocycles. The summed E-state index contributed by atoms with van der Waals surface area (Å²) in [5.41, 5.74) is 4.71. The molecular formula is C27H32N6O2. The highest BCUT2D eigenvalue weighted by Crippen LogP contribution is 2.24. The number of carbonyl (C=O) groups excluding carboxylic acids is 1. The number of nitrogens with one attached hydrogen (secondary N) is 2. The van der Waals surface area contributed by atoms with Crippen molar-refractivity contribution in [3.63, 3.8) is 0 Å². The molecular weight excluding hydrogens is 440 g/mol. The standard InChI is InChI=1S/C27H32N6O2/c1-2-32-15-3-4-25(32)26(34)29-21-7-5-20(6-8-21)24-13-14-28-27(31-24)30-22-9-11-23(12-10-22)33-16-18-35-19-17-33/h5-14,25H,2-4,15-19H2,1H3,(H,29,34)(H,28,30,31)/t25-/m0/s1. The van der Waals surface area contributed by atoms with Gasteiger partial charge in [0.15, 0.2) is 0 Å². The van der Waals surface area contributed by atoms with E-state index >= 15 is 0 Å². The smallest absolute Gasteiger partial charge is 0.241 e. The normalized spacial score (nSPS) is 18.4. The van der Waals surface area contributed by atoms with Gasteiger partial charge in [-0.25, -0.2) is 9.97 Å². The number of anilines is 4. The average molecular weight is 473 g/mol. The van der Waals surface area contributed by atoms with Gasteiger partial charge in [0.2, 0.25) is 11.9 Å². The summed E-state index contributed by atoms with van der Waals surface area (Å²) in [6, 6.07) is 18.0. The zero-order valence-electron chi connectivity index (χ0n) is 20.1. The lowest BCUT2D eigenvalue weighted by atomic mass is 10.1. The van der Waals surface area contributed by atoms with Crippen molar-refractivity contribution in [2.75, 3.05) is 54.9 Å². The van der Waals surface area contributed by atoms with Crippen molar-refractivity contribution in [1.29, 1.82) is 0 Å². The molecule has 2 N–H and O–H groups in total. The van der Waals surface area contributed by atoms with Gasteiger partial charge in [0.1, 0.15) is 0 Å². The summed E-state index contributed by atoms with van der Waals surface area (Å²) < 4.78 is 5.43. The average Bonchev–Trinajstić information content (AvgIpc) is 3.40. The molecule has 0 saturated carbocycles. The fourth-order valence-electron chi connectivity index (χ4n) is 4.74. The van der Waals surface area contributed by atoms with Crippen LogP contribution >= 0.6 is 0 Å². The number of amides is 1. The van der Waals surface area contributed by atoms with E-state index in [2.05, 4.69) is 49.5 Å². The van der Waals surface area contributed by atoms with Gasteiger partial charge in [-0.05, 0) is 68.4 Å². The molecule has 0 unspecified atom stereocenters. The molecule has 2 aromatic carbocycles. The van der Waals surface area contributed by atoms with Crippen LogP contribution in [0.4, 0.5) is 23.0 Å². The van der Waals surface area contributed by atoms with E-state index in [1.807, 2.05) is 42.5 Å². The molecule has 1 amide bonds. The predicted molar refractivity (Wildman–Crippen MR) is 139 cm³/mol. The quantitative estimate of drug-likeness (QED) is 0.535. The van der Waals surface area contributed by atoms with Crippen LogP contribution in [0.3, 0.4) is 0 Å². The number of rotatable bonds is 7. The van der Waals surface area contributed by atoms with E-state index in [1.54, 1.807) is 6.20 Å². The summed E-state index contributed by atoms with van der Waals surface area (Å²) in [4.78, 5) is 26.3. The largest absolute Gasteiger partial charge is 0.378 e. The summed E-state index contributed by atoms with van der Waals surface area (Å²) in [6.45, 7) is 7.37. The number of ether oxygens (including phenoxy) is 1. The lowest BCUT2D eigenvalue weighted by Crippen LogP contribution is -2.39. The molecule has 2 saturated heterocycles. The second-order valence-corrected chi connectivity index (χ2v) is 8.89. The van der Waals surface area contributed by atoms with Gasteiger partial charge in [-0.2, -0.15) is 0 Å². The Balaban J connectivity index is 1.22. The number of likely N-dealkylation sites (tertiary alicyclic amines) is 1. The third kappa shape index (κ3) is 5.61. The summed E-state index contributed by atoms with van der Waals surface area (Å²) in [5, 5.41) is 6.36. The van der Waals surface area contributed by atoms with Crippen LogP contribution in [0.2, 0.25) is 0 Å². The highest BCUT2D eigenvalue weighted by atomic mass is 16.5. The Morgan fingerprint density at radius 1 is 1.00 bits per heavy atom. The van der Waals surface area contributed by atoms with Gasteiger partial charge in [0.25, 0.3) is 0 Å². The van der Waals surface area contributed by atoms with Gasteiger partial charge in [-0.15, -0.1) is 0 Å². The van der Waals surface area contributed by atoms with Crippen LogP contribution in [0, 0.1) is 0 Å². The third-order valence-corrected chi connectivity index (χ3v) is 6.68. The zero-order valence-corrected chi connectivity index (χ0v) is 20.1. The van der Waals surface area contributed by atoms with E-state index in [4.69, 9.17) is 4.74 Å². The fraction of sp³-hybridized carbons (Fsp3) is 0.370. The maximum Gasteiger partial charge on any atom is 0.241 e. The van der Waals surface area contributed by atoms with Gasteiger partial charge in [0, 0.05) is 41.9 Å². The molecule has 3 aromatic rings. The summed E-state index contributed by atoms with van der Waals surface area (Å²) in [6.07, 6.45) is 3.75. The number of likely N-dealkylation sites (N-methyl/N-ethyl adjacent to an activating group) is 1. The lowest BCUT2D eigenvalue weighted by Gasteiger charge is -2.28. The van der Waals surface area contributed by atoms with Crippen molar-refractivity contribution < 1.29 is 9.53 Å². The molecule has 1 atom stereocenters. The van der Waals surface area contributed by atoms with E-state index in [9.17, 15) is 4.79 Å². The van der Waals surface area contributed by atoms with Crippen LogP contribution in [-0.2, 0) is 9.53 Å². The zero-order chi connectivity index (χ0) is 24.0. The van der Waals surface area contributed by atoms with Gasteiger partial charge in [0.05, 0.1) is 24.9 Å². The van der Waals surface area contributed by atoms with Crippen molar-refractivity contribution in [2.24, 2.45) is 0 Å². The lowest BCUT2D eigenvalue weighted by molar-refractivity contribution is -0.120. The minimum Gasteiger partial charge on any atom is -0.378 e. The third-order valence-electron chi connectivity index (χ3n) is 6.68. The number of carbonyl (C=O) groups is 1. The molecule has 3 heterocycles. The Morgan fingerprint density at radius 3 is 2.49 bits per heavy atom. The van der Waals surface area contributed by atoms with Crippen LogP contribution in [-0.4, -0.2) is 66.2 Å². The monoisotopic (exact) mass is 472 g/mol. The van der Waals surface area contributed by atoms with Crippen LogP contribution in [0.1, 0.15) is 19.8 Å². The summed E-state index contributed by atoms with van der Waals surface area (Å²) in [7, 11) is 0. The maximum atomic E-state index is 12.7. The maximum absolute atomic E-state index is 12.7. The molecule has 2 aliphatic rings. The van der Waals surface area contributed by atoms with Gasteiger partial charge >= 0.3 is 0 Å². The first-order valence-corrected chi connectivity index (χ1v) is 12.4. The van der Waals surface area contributed by atoms with Crippen molar-refractivity contribution in [3.8, 4) is 11.3 Å². The summed E-state index contributed by atoms with van der Waals surface area (Å²) in [5.74, 6) is 0.616. The van der Waals surface area contributed by atoms with Crippen molar-refractivity contribution in [1.82, 2.24) is 14.9 Å². The van der Waals surface area contributed by atoms with Gasteiger partial charge in [-0.1, -0.05) is 19.1 Å². The Kier molecular flexibility index (Phi) is 7.20. The number of benzene rings is 2. The second-order valence-electron chi connectivity index (χ2n) is 8.89. The first-order chi connectivity index (χ1) is 17.2. The highest BCUT2D eigenvalue weighted by molar-refractivity contribution is 5.95. The van der Waals surface area contributed by atoms with Crippen LogP contribution in [0.25, 0.3) is 11.3 Å². The molecule has 0 radical (unpaired) electrons. The molecule has 182 valence electrons. The van der Waals surface area contributed by atoms with E-state index in [1.165, 1.54) is 5.69 Å². The Bertz CT molecular complexity index is 1130. The minimum atomic E-state index is -0.0295. The SMILES string of the molecule is CCN1CCC[C@H]1C(=O)Nc1ccc(-c2ccnc(Nc3ccc(N4CCOCC4)cc3)n2)cc1. The summed E-state index contributed by atoms with van der Waals surface area (Å²) >= 11 is 0. The van der Waals surface area contributed by atoms with Crippen molar-refractivity contribution in [2.45, 2.75) is 25.8 Å². The molecule has 0 bridgehead atoms. The fourth-order valence-corrected chi connectivity index (χ4v) is 4.74. The molecule has 0 spiro atoms. The van der Waals surface area contributed by atoms with E-state index in [0.29, 0.717) is 5.95 Å². The van der Waals surface area contributed by atoms with Crippen molar-refractivity contribution >= 4 is 28.9 Å². The van der Waals surface area contributed by atoms with E-state index in [-0.39, 0.29) is 11.9 Å². The Labute approximate surface area is 206 Å². The van der Waals surface area contributed by atoms with E-state index in [0.717, 1.165) is 74.9 Å². The molecule has 2 fully saturated rings. The second kappa shape index (κ2) is 10.8. The van der Waals surface area contributed by atoms with Gasteiger partial charge < -0.3 is 20.3 Å². The molecule has 8 nitrogen and oxygen atoms in total. The van der Waals surface area contributed by atoms with Crippen molar-refractivity contribution in [3.05, 3.63) is 60.8 Å². The van der Waals surface area contributed by atoms with Crippen LogP contribution < -0.4 is 15.5 Å². The highest BCUT2D eigenvalue weighted by Gasteiger charge is 2.29. The number of hydrogen-bond donors (Lipinski definition) is 2. The Morgan fingerprint density at radius 2 is 1.74 bits per heavy atom. The van der Waals surface area contributed by atoms with E-state index < -0.39 is 0 Å². The number of nitrogens with zero attached hydrogens (tertiary/aromatic N) is 4. The number of hydrogen-bond acceptors (Lipinski definition) is 7. The van der Waals surface area contributed by atoms with Crippen LogP contribution in [0.5, 0.6) is 0 Å². The predicted octanol–water partition coefficient (Wildman–Crippen LogP) is 4.15. The minimum absolute atomic E-state index is 0.0295. The molecule has 0 aliphatic carbocycles. The number of morpholine rings is 1. The first kappa shape index (κ1) is 23.3. The molecule has 35 heavy (non-hydrogen) atoms. The number of aromatic nitrogens is 2. The van der Waals surface area contributed by atoms with Gasteiger partial charge in [-0.3, -0.25) is 9.69 Å². The first-order valence-electron chi connectivity index (χ1n) is 12.4. The Hall–Kier alpha value is -3.49. The topological polar surface area (TPSA) is 82.6 Å².